The molecule has 0 aliphatic carbocycles. The van der Waals surface area contributed by atoms with Gasteiger partial charge < -0.3 is 8.98 Å². The second-order valence-electron chi connectivity index (χ2n) is 5.88. The van der Waals surface area contributed by atoms with Crippen molar-refractivity contribution < 1.29 is 9.21 Å². The fraction of sp³-hybridized carbons (Fsp3) is 0.0500. The molecule has 0 saturated heterocycles. The fourth-order valence-corrected chi connectivity index (χ4v) is 3.11. The molecule has 4 aromatic rings. The van der Waals surface area contributed by atoms with Crippen LogP contribution in [0.5, 0.6) is 0 Å². The van der Waals surface area contributed by atoms with Gasteiger partial charge in [-0.25, -0.2) is 5.43 Å². The van der Waals surface area contributed by atoms with Crippen molar-refractivity contribution >= 4 is 45.6 Å². The Morgan fingerprint density at radius 2 is 2.15 bits per heavy atom. The number of furan rings is 1. The Morgan fingerprint density at radius 3 is 3.00 bits per heavy atom. The van der Waals surface area contributed by atoms with E-state index in [-0.39, 0.29) is 12.3 Å². The molecular weight excluding hydrogens is 364 g/mol. The summed E-state index contributed by atoms with van der Waals surface area (Å²) >= 11 is 5.94. The van der Waals surface area contributed by atoms with Crippen molar-refractivity contribution in [3.05, 3.63) is 71.1 Å². The molecule has 132 valence electrons. The Morgan fingerprint density at radius 1 is 1.30 bits per heavy atom. The van der Waals surface area contributed by atoms with Gasteiger partial charge in [0.05, 0.1) is 12.3 Å². The average molecular weight is 377 g/mol. The molecule has 0 saturated carbocycles. The Labute approximate surface area is 159 Å². The first-order chi connectivity index (χ1) is 13.2. The van der Waals surface area contributed by atoms with Crippen LogP contribution in [0.25, 0.3) is 21.9 Å². The Hall–Kier alpha value is -3.56. The maximum atomic E-state index is 12.3. The van der Waals surface area contributed by atoms with Gasteiger partial charge in [0, 0.05) is 33.1 Å². The van der Waals surface area contributed by atoms with Crippen molar-refractivity contribution in [3.63, 3.8) is 0 Å². The maximum Gasteiger partial charge on any atom is 0.307 e. The molecule has 0 atom stereocenters. The summed E-state index contributed by atoms with van der Waals surface area (Å²) in [7, 11) is 0. The Balaban J connectivity index is 1.55. The second-order valence-corrected chi connectivity index (χ2v) is 6.32. The number of para-hydroxylation sites is 1. The summed E-state index contributed by atoms with van der Waals surface area (Å²) in [6.45, 7) is 0.238. The predicted molar refractivity (Wildman–Crippen MR) is 104 cm³/mol. The molecule has 2 heterocycles. The fourth-order valence-electron chi connectivity index (χ4n) is 2.93. The summed E-state index contributed by atoms with van der Waals surface area (Å²) in [6, 6.07) is 16.6. The molecule has 0 spiro atoms. The Kier molecular flexibility index (Phi) is 4.37. The average Bonchev–Trinajstić information content (AvgIpc) is 3.24. The summed E-state index contributed by atoms with van der Waals surface area (Å²) in [5.74, 6) is -0.310. The molecule has 2 aromatic carbocycles. The third-order valence-electron chi connectivity index (χ3n) is 4.13. The molecule has 6 nitrogen and oxygen atoms in total. The molecule has 0 aliphatic heterocycles. The number of carbonyl (C=O) groups is 1. The van der Waals surface area contributed by atoms with Gasteiger partial charge in [-0.1, -0.05) is 29.8 Å². The summed E-state index contributed by atoms with van der Waals surface area (Å²) in [5, 5.41) is 15.2. The van der Waals surface area contributed by atoms with Crippen LogP contribution in [0.1, 0.15) is 16.1 Å². The highest BCUT2D eigenvalue weighted by Crippen LogP contribution is 2.23. The van der Waals surface area contributed by atoms with E-state index in [0.29, 0.717) is 10.6 Å². The summed E-state index contributed by atoms with van der Waals surface area (Å²) in [6.07, 6.45) is 3.38. The van der Waals surface area contributed by atoms with Crippen molar-refractivity contribution in [2.45, 2.75) is 6.54 Å². The molecule has 1 amide bonds. The molecule has 0 aliphatic rings. The molecule has 27 heavy (non-hydrogen) atoms. The molecule has 1 N–H and O–H groups in total. The minimum Gasteiger partial charge on any atom is -0.451 e. The van der Waals surface area contributed by atoms with E-state index in [0.717, 1.165) is 21.9 Å². The van der Waals surface area contributed by atoms with Crippen molar-refractivity contribution in [3.8, 4) is 6.07 Å². The van der Waals surface area contributed by atoms with E-state index in [1.165, 1.54) is 0 Å². The lowest BCUT2D eigenvalue weighted by Gasteiger charge is -1.96. The van der Waals surface area contributed by atoms with Crippen molar-refractivity contribution in [1.82, 2.24) is 9.99 Å². The number of rotatable bonds is 4. The summed E-state index contributed by atoms with van der Waals surface area (Å²) < 4.78 is 7.34. The van der Waals surface area contributed by atoms with Crippen molar-refractivity contribution in [1.29, 1.82) is 5.26 Å². The van der Waals surface area contributed by atoms with Crippen LogP contribution in [-0.2, 0) is 6.54 Å². The van der Waals surface area contributed by atoms with Crippen LogP contribution in [0.15, 0.2) is 64.2 Å². The number of halogens is 1. The van der Waals surface area contributed by atoms with Crippen LogP contribution in [0, 0.1) is 11.3 Å². The van der Waals surface area contributed by atoms with Crippen LogP contribution in [0.2, 0.25) is 5.02 Å². The van der Waals surface area contributed by atoms with E-state index in [1.807, 2.05) is 35.0 Å². The predicted octanol–water partition coefficient (Wildman–Crippen LogP) is 4.33. The summed E-state index contributed by atoms with van der Waals surface area (Å²) in [4.78, 5) is 12.3. The van der Waals surface area contributed by atoms with Gasteiger partial charge in [0.2, 0.25) is 0 Å². The second kappa shape index (κ2) is 6.98. The number of carbonyl (C=O) groups excluding carboxylic acids is 1. The van der Waals surface area contributed by atoms with Gasteiger partial charge in [-0.3, -0.25) is 4.79 Å². The van der Waals surface area contributed by atoms with Crippen LogP contribution < -0.4 is 5.43 Å². The van der Waals surface area contributed by atoms with Crippen LogP contribution in [0.3, 0.4) is 0 Å². The number of nitriles is 1. The minimum atomic E-state index is -0.459. The molecule has 0 bridgehead atoms. The highest BCUT2D eigenvalue weighted by molar-refractivity contribution is 6.31. The minimum absolute atomic E-state index is 0.149. The summed E-state index contributed by atoms with van der Waals surface area (Å²) in [5.41, 5.74) is 4.77. The van der Waals surface area contributed by atoms with E-state index in [9.17, 15) is 4.79 Å². The molecule has 0 fully saturated rings. The third-order valence-corrected chi connectivity index (χ3v) is 4.37. The molecular formula is C20H13ClN4O2. The number of fused-ring (bicyclic) bond motifs is 2. The van der Waals surface area contributed by atoms with Gasteiger partial charge in [0.15, 0.2) is 5.76 Å². The standard InChI is InChI=1S/C20H13ClN4O2/c21-15-5-6-18-13(9-15)10-19(27-18)20(26)24-23-11-14-12-25(8-7-22)17-4-2-1-3-16(14)17/h1-6,9-12H,8H2,(H,24,26)/b23-11-. The number of benzene rings is 2. The van der Waals surface area contributed by atoms with Gasteiger partial charge in [-0.15, -0.1) is 0 Å². The zero-order valence-corrected chi connectivity index (χ0v) is 14.8. The van der Waals surface area contributed by atoms with Crippen LogP contribution in [-0.4, -0.2) is 16.7 Å². The quantitative estimate of drug-likeness (QED) is 0.425. The topological polar surface area (TPSA) is 83.3 Å². The number of hydrazone groups is 1. The van der Waals surface area contributed by atoms with Gasteiger partial charge in [0.1, 0.15) is 12.1 Å². The highest BCUT2D eigenvalue weighted by atomic mass is 35.5. The number of aromatic nitrogens is 1. The SMILES string of the molecule is N#CCn1cc(/C=N\NC(=O)c2cc3cc(Cl)ccc3o2)c2ccccc21. The first-order valence-corrected chi connectivity index (χ1v) is 8.51. The number of hydrogen-bond acceptors (Lipinski definition) is 4. The molecule has 4 rings (SSSR count). The van der Waals surface area contributed by atoms with E-state index in [2.05, 4.69) is 16.6 Å². The lowest BCUT2D eigenvalue weighted by molar-refractivity contribution is 0.0929. The number of nitrogens with one attached hydrogen (secondary N) is 1. The lowest BCUT2D eigenvalue weighted by atomic mass is 10.2. The number of amides is 1. The van der Waals surface area contributed by atoms with Crippen LogP contribution in [0.4, 0.5) is 0 Å². The first kappa shape index (κ1) is 16.9. The maximum absolute atomic E-state index is 12.3. The van der Waals surface area contributed by atoms with E-state index >= 15 is 0 Å². The zero-order chi connectivity index (χ0) is 18.8. The third kappa shape index (κ3) is 3.28. The van der Waals surface area contributed by atoms with Gasteiger partial charge in [0.25, 0.3) is 0 Å². The molecule has 7 heteroatoms. The number of nitrogens with zero attached hydrogens (tertiary/aromatic N) is 3. The zero-order valence-electron chi connectivity index (χ0n) is 14.0. The van der Waals surface area contributed by atoms with E-state index in [4.69, 9.17) is 21.3 Å². The highest BCUT2D eigenvalue weighted by Gasteiger charge is 2.12. The van der Waals surface area contributed by atoms with Gasteiger partial charge in [-0.05, 0) is 30.3 Å². The molecule has 2 aromatic heterocycles. The lowest BCUT2D eigenvalue weighted by Crippen LogP contribution is -2.16. The van der Waals surface area contributed by atoms with Crippen molar-refractivity contribution in [2.75, 3.05) is 0 Å². The monoisotopic (exact) mass is 376 g/mol. The molecule has 0 unspecified atom stereocenters. The Bertz CT molecular complexity index is 1230. The number of hydrogen-bond donors (Lipinski definition) is 1. The van der Waals surface area contributed by atoms with E-state index < -0.39 is 5.91 Å². The largest absolute Gasteiger partial charge is 0.451 e. The molecule has 0 radical (unpaired) electrons. The van der Waals surface area contributed by atoms with Crippen LogP contribution >= 0.6 is 11.6 Å². The first-order valence-electron chi connectivity index (χ1n) is 8.13. The smallest absolute Gasteiger partial charge is 0.307 e. The normalized spacial score (nSPS) is 11.3. The van der Waals surface area contributed by atoms with E-state index in [1.54, 1.807) is 30.5 Å². The van der Waals surface area contributed by atoms with Gasteiger partial charge in [-0.2, -0.15) is 10.4 Å². The van der Waals surface area contributed by atoms with Gasteiger partial charge >= 0.3 is 5.91 Å². The van der Waals surface area contributed by atoms with Crippen molar-refractivity contribution in [2.24, 2.45) is 5.10 Å².